The minimum Gasteiger partial charge on any atom is -0.456 e. The van der Waals surface area contributed by atoms with Crippen LogP contribution >= 0.6 is 11.6 Å². The molecular weight excluding hydrogens is 390 g/mol. The second kappa shape index (κ2) is 9.53. The predicted molar refractivity (Wildman–Crippen MR) is 104 cm³/mol. The number of hydrogen-bond donors (Lipinski definition) is 1. The average Bonchev–Trinajstić information content (AvgIpc) is 2.65. The Morgan fingerprint density at radius 2 is 1.74 bits per heavy atom. The second-order valence-electron chi connectivity index (χ2n) is 5.74. The lowest BCUT2D eigenvalue weighted by Gasteiger charge is -2.10. The second-order valence-corrected chi connectivity index (χ2v) is 8.29. The first-order chi connectivity index (χ1) is 12.8. The number of rotatable bonds is 8. The van der Waals surface area contributed by atoms with E-state index < -0.39 is 34.1 Å². The Morgan fingerprint density at radius 3 is 2.41 bits per heavy atom. The van der Waals surface area contributed by atoms with E-state index in [1.165, 1.54) is 24.3 Å². The highest BCUT2D eigenvalue weighted by molar-refractivity contribution is 7.91. The minimum absolute atomic E-state index is 0.0774. The van der Waals surface area contributed by atoms with Crippen molar-refractivity contribution in [3.63, 3.8) is 0 Å². The molecule has 6 nitrogen and oxygen atoms in total. The van der Waals surface area contributed by atoms with E-state index in [0.29, 0.717) is 10.7 Å². The standard InChI is InChI=1S/C19H20ClNO5S/c1-2-14-5-3-4-6-17(14)21-18(22)13-26-19(23)11-12-27(24,25)16-9-7-15(20)8-10-16/h3-10H,2,11-13H2,1H3,(H,21,22). The third-order valence-electron chi connectivity index (χ3n) is 3.78. The summed E-state index contributed by atoms with van der Waals surface area (Å²) in [4.78, 5) is 23.8. The van der Waals surface area contributed by atoms with Crippen molar-refractivity contribution in [3.05, 3.63) is 59.1 Å². The van der Waals surface area contributed by atoms with E-state index in [0.717, 1.165) is 12.0 Å². The summed E-state index contributed by atoms with van der Waals surface area (Å²) < 4.78 is 29.2. The number of nitrogens with one attached hydrogen (secondary N) is 1. The first kappa shape index (κ1) is 20.9. The molecule has 1 amide bonds. The van der Waals surface area contributed by atoms with Crippen LogP contribution in [0.2, 0.25) is 5.02 Å². The molecule has 0 aliphatic rings. The largest absolute Gasteiger partial charge is 0.456 e. The van der Waals surface area contributed by atoms with Crippen molar-refractivity contribution >= 4 is 39.0 Å². The summed E-state index contributed by atoms with van der Waals surface area (Å²) in [5.74, 6) is -1.65. The Balaban J connectivity index is 1.82. The molecule has 8 heteroatoms. The SMILES string of the molecule is CCc1ccccc1NC(=O)COC(=O)CCS(=O)(=O)c1ccc(Cl)cc1. The summed E-state index contributed by atoms with van der Waals surface area (Å²) in [5.41, 5.74) is 1.62. The fraction of sp³-hybridized carbons (Fsp3) is 0.263. The molecule has 0 unspecified atom stereocenters. The van der Waals surface area contributed by atoms with Crippen molar-refractivity contribution in [2.24, 2.45) is 0 Å². The van der Waals surface area contributed by atoms with Gasteiger partial charge in [0.1, 0.15) is 0 Å². The quantitative estimate of drug-likeness (QED) is 0.676. The van der Waals surface area contributed by atoms with E-state index in [4.69, 9.17) is 16.3 Å². The van der Waals surface area contributed by atoms with Gasteiger partial charge < -0.3 is 10.1 Å². The minimum atomic E-state index is -3.63. The third kappa shape index (κ3) is 6.37. The van der Waals surface area contributed by atoms with Crippen LogP contribution in [-0.4, -0.2) is 32.7 Å². The molecule has 0 saturated carbocycles. The van der Waals surface area contributed by atoms with Crippen LogP contribution in [0, 0.1) is 0 Å². The Hall–Kier alpha value is -2.38. The molecule has 144 valence electrons. The number of carbonyl (C=O) groups is 2. The first-order valence-electron chi connectivity index (χ1n) is 8.33. The van der Waals surface area contributed by atoms with Gasteiger partial charge in [-0.1, -0.05) is 36.7 Å². The van der Waals surface area contributed by atoms with Crippen molar-refractivity contribution < 1.29 is 22.7 Å². The van der Waals surface area contributed by atoms with Crippen molar-refractivity contribution in [1.82, 2.24) is 0 Å². The van der Waals surface area contributed by atoms with Gasteiger partial charge in [-0.05, 0) is 42.3 Å². The molecule has 0 atom stereocenters. The first-order valence-corrected chi connectivity index (χ1v) is 10.4. The lowest BCUT2D eigenvalue weighted by atomic mass is 10.1. The summed E-state index contributed by atoms with van der Waals surface area (Å²) >= 11 is 5.73. The molecule has 0 fully saturated rings. The van der Waals surface area contributed by atoms with E-state index in [9.17, 15) is 18.0 Å². The van der Waals surface area contributed by atoms with E-state index in [-0.39, 0.29) is 11.3 Å². The van der Waals surface area contributed by atoms with Crippen LogP contribution in [0.1, 0.15) is 18.9 Å². The van der Waals surface area contributed by atoms with Gasteiger partial charge in [-0.3, -0.25) is 9.59 Å². The van der Waals surface area contributed by atoms with Gasteiger partial charge in [0, 0.05) is 10.7 Å². The summed E-state index contributed by atoms with van der Waals surface area (Å²) in [6.07, 6.45) is 0.405. The van der Waals surface area contributed by atoms with Crippen LogP contribution < -0.4 is 5.32 Å². The highest BCUT2D eigenvalue weighted by Gasteiger charge is 2.18. The molecule has 2 aromatic rings. The Morgan fingerprint density at radius 1 is 1.07 bits per heavy atom. The molecule has 0 saturated heterocycles. The molecule has 27 heavy (non-hydrogen) atoms. The number of para-hydroxylation sites is 1. The van der Waals surface area contributed by atoms with Crippen LogP contribution in [0.3, 0.4) is 0 Å². The molecule has 0 aliphatic carbocycles. The lowest BCUT2D eigenvalue weighted by Crippen LogP contribution is -2.22. The van der Waals surface area contributed by atoms with Crippen LogP contribution in [0.4, 0.5) is 5.69 Å². The highest BCUT2D eigenvalue weighted by atomic mass is 35.5. The van der Waals surface area contributed by atoms with Crippen LogP contribution in [-0.2, 0) is 30.6 Å². The molecule has 1 N–H and O–H groups in total. The van der Waals surface area contributed by atoms with Crippen molar-refractivity contribution in [3.8, 4) is 0 Å². The molecule has 2 aromatic carbocycles. The van der Waals surface area contributed by atoms with Gasteiger partial charge in [-0.15, -0.1) is 0 Å². The molecule has 2 rings (SSSR count). The number of aryl methyl sites for hydroxylation is 1. The smallest absolute Gasteiger partial charge is 0.307 e. The number of amides is 1. The number of hydrogen-bond acceptors (Lipinski definition) is 5. The van der Waals surface area contributed by atoms with Gasteiger partial charge in [0.25, 0.3) is 5.91 Å². The summed E-state index contributed by atoms with van der Waals surface area (Å²) in [7, 11) is -3.63. The zero-order valence-electron chi connectivity index (χ0n) is 14.8. The third-order valence-corrected chi connectivity index (χ3v) is 5.77. The monoisotopic (exact) mass is 409 g/mol. The molecule has 0 heterocycles. The Labute approximate surface area is 163 Å². The van der Waals surface area contributed by atoms with Gasteiger partial charge in [0.15, 0.2) is 16.4 Å². The van der Waals surface area contributed by atoms with E-state index >= 15 is 0 Å². The molecule has 0 radical (unpaired) electrons. The molecular formula is C19H20ClNO5S. The van der Waals surface area contributed by atoms with Crippen LogP contribution in [0.5, 0.6) is 0 Å². The Kier molecular flexibility index (Phi) is 7.38. The predicted octanol–water partition coefficient (Wildman–Crippen LogP) is 3.25. The fourth-order valence-electron chi connectivity index (χ4n) is 2.33. The van der Waals surface area contributed by atoms with Crippen molar-refractivity contribution in [2.75, 3.05) is 17.7 Å². The topological polar surface area (TPSA) is 89.5 Å². The molecule has 0 spiro atoms. The fourth-order valence-corrected chi connectivity index (χ4v) is 3.68. The summed E-state index contributed by atoms with van der Waals surface area (Å²) in [6.45, 7) is 1.49. The number of halogens is 1. The maximum atomic E-state index is 12.2. The number of carbonyl (C=O) groups excluding carboxylic acids is 2. The number of benzene rings is 2. The molecule has 0 aliphatic heterocycles. The number of esters is 1. The number of ether oxygens (including phenoxy) is 1. The maximum absolute atomic E-state index is 12.2. The van der Waals surface area contributed by atoms with Gasteiger partial charge >= 0.3 is 5.97 Å². The van der Waals surface area contributed by atoms with E-state index in [2.05, 4.69) is 5.32 Å². The van der Waals surface area contributed by atoms with Gasteiger partial charge in [0.2, 0.25) is 0 Å². The maximum Gasteiger partial charge on any atom is 0.307 e. The number of anilines is 1. The van der Waals surface area contributed by atoms with Gasteiger partial charge in [-0.25, -0.2) is 8.42 Å². The van der Waals surface area contributed by atoms with Crippen LogP contribution in [0.25, 0.3) is 0 Å². The molecule has 0 aromatic heterocycles. The number of sulfone groups is 1. The zero-order valence-corrected chi connectivity index (χ0v) is 16.3. The lowest BCUT2D eigenvalue weighted by molar-refractivity contribution is -0.146. The van der Waals surface area contributed by atoms with Gasteiger partial charge in [0.05, 0.1) is 17.1 Å². The van der Waals surface area contributed by atoms with Crippen LogP contribution in [0.15, 0.2) is 53.4 Å². The highest BCUT2D eigenvalue weighted by Crippen LogP contribution is 2.17. The van der Waals surface area contributed by atoms with Crippen molar-refractivity contribution in [2.45, 2.75) is 24.7 Å². The van der Waals surface area contributed by atoms with E-state index in [1.54, 1.807) is 12.1 Å². The van der Waals surface area contributed by atoms with Crippen molar-refractivity contribution in [1.29, 1.82) is 0 Å². The Bertz CT molecular complexity index is 910. The normalized spacial score (nSPS) is 11.0. The summed E-state index contributed by atoms with van der Waals surface area (Å²) in [6, 6.07) is 13.0. The zero-order chi connectivity index (χ0) is 19.9. The van der Waals surface area contributed by atoms with E-state index in [1.807, 2.05) is 19.1 Å². The molecule has 0 bridgehead atoms. The van der Waals surface area contributed by atoms with Gasteiger partial charge in [-0.2, -0.15) is 0 Å². The summed E-state index contributed by atoms with van der Waals surface area (Å²) in [5, 5.41) is 3.09. The average molecular weight is 410 g/mol.